The third-order valence-corrected chi connectivity index (χ3v) is 2.43. The molecule has 1 amide bonds. The highest BCUT2D eigenvalue weighted by atomic mass is 16.3. The molecule has 0 spiro atoms. The molecule has 0 heterocycles. The number of nitrogens with two attached hydrogens (primary N) is 2. The Hall–Kier alpha value is -0.610. The van der Waals surface area contributed by atoms with E-state index < -0.39 is 12.0 Å². The lowest BCUT2D eigenvalue weighted by molar-refractivity contribution is -0.118. The molecule has 0 rings (SSSR count). The van der Waals surface area contributed by atoms with E-state index in [1.54, 1.807) is 0 Å². The van der Waals surface area contributed by atoms with Crippen LogP contribution in [0.4, 0.5) is 0 Å². The van der Waals surface area contributed by atoms with Crippen LogP contribution < -0.4 is 11.5 Å². The molecule has 2 atom stereocenters. The summed E-state index contributed by atoms with van der Waals surface area (Å²) < 4.78 is 0. The van der Waals surface area contributed by atoms with E-state index in [2.05, 4.69) is 6.92 Å². The van der Waals surface area contributed by atoms with Crippen LogP contribution >= 0.6 is 0 Å². The van der Waals surface area contributed by atoms with Gasteiger partial charge in [0.15, 0.2) is 0 Å². The zero-order chi connectivity index (χ0) is 11.7. The van der Waals surface area contributed by atoms with Crippen molar-refractivity contribution in [3.05, 3.63) is 0 Å². The van der Waals surface area contributed by atoms with Gasteiger partial charge >= 0.3 is 0 Å². The maximum absolute atomic E-state index is 10.6. The molecular weight excluding hydrogens is 192 g/mol. The SMILES string of the molecule is CCCCCC[C@@H](O)CC(N)CC(N)=O. The molecule has 4 heteroatoms. The Labute approximate surface area is 92.0 Å². The maximum Gasteiger partial charge on any atom is 0.218 e. The fourth-order valence-corrected chi connectivity index (χ4v) is 1.62. The lowest BCUT2D eigenvalue weighted by atomic mass is 10.0. The summed E-state index contributed by atoms with van der Waals surface area (Å²) in [6.45, 7) is 2.15. The van der Waals surface area contributed by atoms with Crippen molar-refractivity contribution in [1.29, 1.82) is 0 Å². The lowest BCUT2D eigenvalue weighted by Gasteiger charge is -2.14. The zero-order valence-electron chi connectivity index (χ0n) is 9.61. The van der Waals surface area contributed by atoms with Crippen LogP contribution in [0.2, 0.25) is 0 Å². The molecule has 0 radical (unpaired) electrons. The van der Waals surface area contributed by atoms with Gasteiger partial charge in [0, 0.05) is 12.5 Å². The second-order valence-electron chi connectivity index (χ2n) is 4.17. The van der Waals surface area contributed by atoms with Crippen LogP contribution in [-0.4, -0.2) is 23.2 Å². The van der Waals surface area contributed by atoms with Crippen molar-refractivity contribution in [3.8, 4) is 0 Å². The topological polar surface area (TPSA) is 89.3 Å². The Morgan fingerprint density at radius 3 is 2.53 bits per heavy atom. The molecule has 0 saturated carbocycles. The summed E-state index contributed by atoms with van der Waals surface area (Å²) in [5.74, 6) is -0.402. The van der Waals surface area contributed by atoms with E-state index in [1.807, 2.05) is 0 Å². The van der Waals surface area contributed by atoms with Gasteiger partial charge in [0.05, 0.1) is 6.10 Å². The minimum atomic E-state index is -0.402. The maximum atomic E-state index is 10.6. The van der Waals surface area contributed by atoms with Crippen LogP contribution in [0.25, 0.3) is 0 Å². The normalized spacial score (nSPS) is 14.9. The number of hydrogen-bond donors (Lipinski definition) is 3. The highest BCUT2D eigenvalue weighted by molar-refractivity contribution is 5.74. The standard InChI is InChI=1S/C11H24N2O2/c1-2-3-4-5-6-10(14)7-9(12)8-11(13)15/h9-10,14H,2-8,12H2,1H3,(H2,13,15)/t9?,10-/m1/s1. The number of rotatable bonds is 9. The monoisotopic (exact) mass is 216 g/mol. The highest BCUT2D eigenvalue weighted by Crippen LogP contribution is 2.10. The Bertz CT molecular complexity index is 174. The molecule has 0 aromatic heterocycles. The van der Waals surface area contributed by atoms with Crippen molar-refractivity contribution in [2.45, 2.75) is 64.0 Å². The lowest BCUT2D eigenvalue weighted by Crippen LogP contribution is -2.31. The van der Waals surface area contributed by atoms with Crippen molar-refractivity contribution in [2.75, 3.05) is 0 Å². The number of primary amides is 1. The molecular formula is C11H24N2O2. The summed E-state index contributed by atoms with van der Waals surface area (Å²) in [7, 11) is 0. The third-order valence-electron chi connectivity index (χ3n) is 2.43. The van der Waals surface area contributed by atoms with Gasteiger partial charge in [-0.05, 0) is 12.8 Å². The van der Waals surface area contributed by atoms with Gasteiger partial charge in [-0.2, -0.15) is 0 Å². The summed E-state index contributed by atoms with van der Waals surface area (Å²) in [4.78, 5) is 10.6. The third kappa shape index (κ3) is 9.69. The summed E-state index contributed by atoms with van der Waals surface area (Å²) in [6, 6.07) is -0.302. The van der Waals surface area contributed by atoms with E-state index in [0.717, 1.165) is 19.3 Å². The van der Waals surface area contributed by atoms with Gasteiger partial charge in [-0.1, -0.05) is 32.6 Å². The van der Waals surface area contributed by atoms with Crippen LogP contribution in [0.5, 0.6) is 0 Å². The molecule has 0 aromatic carbocycles. The summed E-state index contributed by atoms with van der Waals surface area (Å²) >= 11 is 0. The predicted octanol–water partition coefficient (Wildman–Crippen LogP) is 0.910. The first-order valence-corrected chi connectivity index (χ1v) is 5.78. The number of carbonyl (C=O) groups excluding carboxylic acids is 1. The fourth-order valence-electron chi connectivity index (χ4n) is 1.62. The number of hydrogen-bond acceptors (Lipinski definition) is 3. The molecule has 1 unspecified atom stereocenters. The number of amides is 1. The van der Waals surface area contributed by atoms with Crippen LogP contribution in [0.3, 0.4) is 0 Å². The quantitative estimate of drug-likeness (QED) is 0.500. The Kier molecular flexibility index (Phi) is 8.33. The van der Waals surface area contributed by atoms with Gasteiger partial charge in [0.25, 0.3) is 0 Å². The molecule has 15 heavy (non-hydrogen) atoms. The van der Waals surface area contributed by atoms with Gasteiger partial charge in [-0.3, -0.25) is 4.79 Å². The Morgan fingerprint density at radius 1 is 1.33 bits per heavy atom. The zero-order valence-corrected chi connectivity index (χ0v) is 9.61. The van der Waals surface area contributed by atoms with Crippen LogP contribution in [0, 0.1) is 0 Å². The molecule has 0 aliphatic carbocycles. The predicted molar refractivity (Wildman–Crippen MR) is 61.2 cm³/mol. The number of aliphatic hydroxyl groups is 1. The first-order chi connectivity index (χ1) is 7.06. The summed E-state index contributed by atoms with van der Waals surface area (Å²) in [5, 5.41) is 9.60. The molecule has 5 N–H and O–H groups in total. The van der Waals surface area contributed by atoms with Gasteiger partial charge in [-0.15, -0.1) is 0 Å². The van der Waals surface area contributed by atoms with E-state index in [-0.39, 0.29) is 12.5 Å². The van der Waals surface area contributed by atoms with Crippen LogP contribution in [-0.2, 0) is 4.79 Å². The van der Waals surface area contributed by atoms with Crippen molar-refractivity contribution < 1.29 is 9.90 Å². The van der Waals surface area contributed by atoms with Gasteiger partial charge in [-0.25, -0.2) is 0 Å². The average Bonchev–Trinajstić information content (AvgIpc) is 2.10. The van der Waals surface area contributed by atoms with E-state index in [4.69, 9.17) is 11.5 Å². The first-order valence-electron chi connectivity index (χ1n) is 5.78. The molecule has 90 valence electrons. The number of aliphatic hydroxyl groups excluding tert-OH is 1. The van der Waals surface area contributed by atoms with Crippen molar-refractivity contribution in [2.24, 2.45) is 11.5 Å². The first kappa shape index (κ1) is 14.4. The molecule has 0 aliphatic heterocycles. The van der Waals surface area contributed by atoms with Gasteiger partial charge < -0.3 is 16.6 Å². The van der Waals surface area contributed by atoms with Crippen LogP contribution in [0.1, 0.15) is 51.9 Å². The van der Waals surface area contributed by atoms with E-state index in [9.17, 15) is 9.90 Å². The second kappa shape index (κ2) is 8.68. The summed E-state index contributed by atoms with van der Waals surface area (Å²) in [5.41, 5.74) is 10.7. The largest absolute Gasteiger partial charge is 0.393 e. The van der Waals surface area contributed by atoms with E-state index >= 15 is 0 Å². The molecule has 0 aliphatic rings. The molecule has 0 saturated heterocycles. The summed E-state index contributed by atoms with van der Waals surface area (Å²) in [6.07, 6.45) is 5.58. The van der Waals surface area contributed by atoms with Crippen LogP contribution in [0.15, 0.2) is 0 Å². The second-order valence-corrected chi connectivity index (χ2v) is 4.17. The van der Waals surface area contributed by atoms with Gasteiger partial charge in [0.1, 0.15) is 0 Å². The van der Waals surface area contributed by atoms with E-state index in [1.165, 1.54) is 12.8 Å². The number of unbranched alkanes of at least 4 members (excludes halogenated alkanes) is 3. The van der Waals surface area contributed by atoms with Crippen molar-refractivity contribution in [1.82, 2.24) is 0 Å². The molecule has 0 bridgehead atoms. The Balaban J connectivity index is 3.46. The molecule has 0 fully saturated rings. The fraction of sp³-hybridized carbons (Fsp3) is 0.909. The van der Waals surface area contributed by atoms with Crippen molar-refractivity contribution in [3.63, 3.8) is 0 Å². The molecule has 4 nitrogen and oxygen atoms in total. The minimum absolute atomic E-state index is 0.159. The highest BCUT2D eigenvalue weighted by Gasteiger charge is 2.12. The number of carbonyl (C=O) groups is 1. The average molecular weight is 216 g/mol. The Morgan fingerprint density at radius 2 is 2.00 bits per heavy atom. The van der Waals surface area contributed by atoms with Crippen molar-refractivity contribution >= 4 is 5.91 Å². The van der Waals surface area contributed by atoms with Gasteiger partial charge in [0.2, 0.25) is 5.91 Å². The smallest absolute Gasteiger partial charge is 0.218 e. The van der Waals surface area contributed by atoms with E-state index in [0.29, 0.717) is 6.42 Å². The molecule has 0 aromatic rings. The minimum Gasteiger partial charge on any atom is -0.393 e.